The van der Waals surface area contributed by atoms with Crippen LogP contribution in [0.5, 0.6) is 11.5 Å². The van der Waals surface area contributed by atoms with Crippen molar-refractivity contribution in [2.75, 3.05) is 23.4 Å². The fourth-order valence-corrected chi connectivity index (χ4v) is 4.37. The van der Waals surface area contributed by atoms with Crippen molar-refractivity contribution < 1.29 is 28.8 Å². The van der Waals surface area contributed by atoms with Gasteiger partial charge in [0.05, 0.1) is 10.8 Å². The van der Waals surface area contributed by atoms with Crippen molar-refractivity contribution in [2.45, 2.75) is 6.42 Å². The van der Waals surface area contributed by atoms with E-state index >= 15 is 0 Å². The standard InChI is InChI=1S/C29H23N3O7/c33-27(30-21-7-4-8-23(16-21)32(36)37)18-38-29(35)20-15-28(34)31(17-20)22-11-13-24(14-12-22)39-26-10-3-6-19-5-1-2-9-25(19)26/h1-14,16,20H,15,17-18H2,(H,30,33)/t20-/m1/s1. The Morgan fingerprint density at radius 3 is 2.51 bits per heavy atom. The molecule has 5 rings (SSSR count). The highest BCUT2D eigenvalue weighted by Crippen LogP contribution is 2.32. The highest BCUT2D eigenvalue weighted by atomic mass is 16.6. The Morgan fingerprint density at radius 2 is 1.72 bits per heavy atom. The molecular weight excluding hydrogens is 502 g/mol. The number of anilines is 2. The number of nitro benzene ring substituents is 1. The van der Waals surface area contributed by atoms with Crippen LogP contribution in [0.1, 0.15) is 6.42 Å². The lowest BCUT2D eigenvalue weighted by Crippen LogP contribution is -2.28. The Morgan fingerprint density at radius 1 is 0.974 bits per heavy atom. The van der Waals surface area contributed by atoms with Gasteiger partial charge in [0.15, 0.2) is 6.61 Å². The van der Waals surface area contributed by atoms with Crippen molar-refractivity contribution in [3.63, 3.8) is 0 Å². The van der Waals surface area contributed by atoms with E-state index in [4.69, 9.17) is 9.47 Å². The van der Waals surface area contributed by atoms with Crippen LogP contribution in [-0.2, 0) is 19.1 Å². The van der Waals surface area contributed by atoms with E-state index < -0.39 is 29.3 Å². The number of rotatable bonds is 8. The molecule has 0 saturated carbocycles. The molecule has 1 aliphatic heterocycles. The predicted octanol–water partition coefficient (Wildman–Crippen LogP) is 5.08. The Labute approximate surface area is 222 Å². The topological polar surface area (TPSA) is 128 Å². The summed E-state index contributed by atoms with van der Waals surface area (Å²) in [6.07, 6.45) is -0.0421. The van der Waals surface area contributed by atoms with E-state index in [1.165, 1.54) is 29.2 Å². The maximum Gasteiger partial charge on any atom is 0.311 e. The quantitative estimate of drug-likeness (QED) is 0.193. The summed E-state index contributed by atoms with van der Waals surface area (Å²) in [7, 11) is 0. The molecule has 4 aromatic carbocycles. The molecule has 0 aliphatic carbocycles. The van der Waals surface area contributed by atoms with Crippen LogP contribution >= 0.6 is 0 Å². The number of nitrogens with one attached hydrogen (secondary N) is 1. The molecule has 39 heavy (non-hydrogen) atoms. The smallest absolute Gasteiger partial charge is 0.311 e. The molecule has 2 amide bonds. The van der Waals surface area contributed by atoms with Crippen LogP contribution in [0.3, 0.4) is 0 Å². The molecule has 196 valence electrons. The summed E-state index contributed by atoms with van der Waals surface area (Å²) in [5.41, 5.74) is 0.645. The monoisotopic (exact) mass is 525 g/mol. The summed E-state index contributed by atoms with van der Waals surface area (Å²) in [5, 5.41) is 15.4. The van der Waals surface area contributed by atoms with E-state index in [1.807, 2.05) is 42.5 Å². The summed E-state index contributed by atoms with van der Waals surface area (Å²) in [4.78, 5) is 49.1. The summed E-state index contributed by atoms with van der Waals surface area (Å²) in [6.45, 7) is -0.458. The summed E-state index contributed by atoms with van der Waals surface area (Å²) >= 11 is 0. The lowest BCUT2D eigenvalue weighted by molar-refractivity contribution is -0.384. The van der Waals surface area contributed by atoms with E-state index in [1.54, 1.807) is 24.3 Å². The number of nitro groups is 1. The van der Waals surface area contributed by atoms with Gasteiger partial charge in [0.2, 0.25) is 5.91 Å². The van der Waals surface area contributed by atoms with Crippen LogP contribution in [0, 0.1) is 16.0 Å². The third-order valence-corrected chi connectivity index (χ3v) is 6.27. The number of nitrogens with zero attached hydrogens (tertiary/aromatic N) is 2. The molecule has 0 spiro atoms. The summed E-state index contributed by atoms with van der Waals surface area (Å²) < 4.78 is 11.2. The van der Waals surface area contributed by atoms with Gasteiger partial charge < -0.3 is 19.7 Å². The number of fused-ring (bicyclic) bond motifs is 1. The fraction of sp³-hybridized carbons (Fsp3) is 0.138. The number of hydrogen-bond donors (Lipinski definition) is 1. The van der Waals surface area contributed by atoms with Crippen LogP contribution in [0.4, 0.5) is 17.1 Å². The molecular formula is C29H23N3O7. The van der Waals surface area contributed by atoms with Crippen LogP contribution in [0.25, 0.3) is 10.8 Å². The van der Waals surface area contributed by atoms with Gasteiger partial charge in [0.25, 0.3) is 11.6 Å². The van der Waals surface area contributed by atoms with Gasteiger partial charge >= 0.3 is 5.97 Å². The Bertz CT molecular complexity index is 1560. The number of non-ortho nitro benzene ring substituents is 1. The van der Waals surface area contributed by atoms with E-state index in [-0.39, 0.29) is 30.2 Å². The van der Waals surface area contributed by atoms with E-state index in [0.717, 1.165) is 16.5 Å². The van der Waals surface area contributed by atoms with Crippen LogP contribution in [0.15, 0.2) is 91.0 Å². The third kappa shape index (κ3) is 5.85. The van der Waals surface area contributed by atoms with Crippen LogP contribution < -0.4 is 15.0 Å². The molecule has 1 N–H and O–H groups in total. The predicted molar refractivity (Wildman–Crippen MR) is 144 cm³/mol. The molecule has 0 bridgehead atoms. The minimum Gasteiger partial charge on any atom is -0.457 e. The van der Waals surface area contributed by atoms with Gasteiger partial charge in [-0.2, -0.15) is 0 Å². The molecule has 0 aromatic heterocycles. The minimum atomic E-state index is -0.727. The van der Waals surface area contributed by atoms with Gasteiger partial charge in [-0.15, -0.1) is 0 Å². The van der Waals surface area contributed by atoms with E-state index in [9.17, 15) is 24.5 Å². The lowest BCUT2D eigenvalue weighted by Gasteiger charge is -2.17. The van der Waals surface area contributed by atoms with Crippen molar-refractivity contribution in [1.29, 1.82) is 0 Å². The van der Waals surface area contributed by atoms with Gasteiger partial charge in [-0.3, -0.25) is 24.5 Å². The molecule has 1 atom stereocenters. The van der Waals surface area contributed by atoms with Gasteiger partial charge in [-0.25, -0.2) is 0 Å². The third-order valence-electron chi connectivity index (χ3n) is 6.27. The Kier molecular flexibility index (Phi) is 7.17. The van der Waals surface area contributed by atoms with Crippen molar-refractivity contribution in [3.8, 4) is 11.5 Å². The van der Waals surface area contributed by atoms with Crippen molar-refractivity contribution in [1.82, 2.24) is 0 Å². The van der Waals surface area contributed by atoms with Crippen molar-refractivity contribution in [3.05, 3.63) is 101 Å². The molecule has 1 aliphatic rings. The molecule has 0 unspecified atom stereocenters. The molecule has 1 heterocycles. The summed E-state index contributed by atoms with van der Waals surface area (Å²) in [5.74, 6) is -0.957. The van der Waals surface area contributed by atoms with Gasteiger partial charge in [-0.05, 0) is 41.8 Å². The van der Waals surface area contributed by atoms with Crippen molar-refractivity contribution >= 4 is 45.6 Å². The zero-order valence-electron chi connectivity index (χ0n) is 20.6. The van der Waals surface area contributed by atoms with Gasteiger partial charge in [0.1, 0.15) is 11.5 Å². The highest BCUT2D eigenvalue weighted by molar-refractivity contribution is 6.00. The van der Waals surface area contributed by atoms with E-state index in [2.05, 4.69) is 5.32 Å². The molecule has 10 nitrogen and oxygen atoms in total. The number of amides is 2. The number of benzene rings is 4. The molecule has 0 radical (unpaired) electrons. The maximum atomic E-state index is 12.6. The molecule has 1 saturated heterocycles. The fourth-order valence-electron chi connectivity index (χ4n) is 4.37. The molecule has 10 heteroatoms. The summed E-state index contributed by atoms with van der Waals surface area (Å²) in [6, 6.07) is 26.2. The number of carbonyl (C=O) groups excluding carboxylic acids is 3. The number of esters is 1. The number of carbonyl (C=O) groups is 3. The molecule has 4 aromatic rings. The first-order chi connectivity index (χ1) is 18.9. The second-order valence-corrected chi connectivity index (χ2v) is 8.94. The van der Waals surface area contributed by atoms with E-state index in [0.29, 0.717) is 11.4 Å². The maximum absolute atomic E-state index is 12.6. The SMILES string of the molecule is O=C(COC(=O)[C@@H]1CC(=O)N(c2ccc(Oc3cccc4ccccc34)cc2)C1)Nc1cccc([N+](=O)[O-])c1. The largest absolute Gasteiger partial charge is 0.457 e. The second-order valence-electron chi connectivity index (χ2n) is 8.94. The molecule has 1 fully saturated rings. The van der Waals surface area contributed by atoms with Crippen molar-refractivity contribution in [2.24, 2.45) is 5.92 Å². The second kappa shape index (κ2) is 11.0. The normalized spacial score (nSPS) is 14.7. The number of ether oxygens (including phenoxy) is 2. The van der Waals surface area contributed by atoms with Crippen LogP contribution in [0.2, 0.25) is 0 Å². The van der Waals surface area contributed by atoms with Crippen LogP contribution in [-0.4, -0.2) is 35.9 Å². The minimum absolute atomic E-state index is 0.0421. The first-order valence-corrected chi connectivity index (χ1v) is 12.1. The average molecular weight is 526 g/mol. The number of hydrogen-bond acceptors (Lipinski definition) is 7. The lowest BCUT2D eigenvalue weighted by atomic mass is 10.1. The Hall–Kier alpha value is -5.25. The highest BCUT2D eigenvalue weighted by Gasteiger charge is 2.36. The first-order valence-electron chi connectivity index (χ1n) is 12.1. The van der Waals surface area contributed by atoms with Gasteiger partial charge in [0, 0.05) is 41.9 Å². The first kappa shape index (κ1) is 25.4. The Balaban J connectivity index is 1.16. The zero-order chi connectivity index (χ0) is 27.4. The average Bonchev–Trinajstić information content (AvgIpc) is 3.34. The van der Waals surface area contributed by atoms with Gasteiger partial charge in [-0.1, -0.05) is 42.5 Å². The zero-order valence-corrected chi connectivity index (χ0v) is 20.6.